The van der Waals surface area contributed by atoms with E-state index in [0.29, 0.717) is 23.3 Å². The number of Topliss-reactive ketones (excluding diaryl/α,β-unsaturated/α-hetero) is 1. The molecule has 0 radical (unpaired) electrons. The number of thioether (sulfide) groups is 1. The molecule has 1 aromatic carbocycles. The van der Waals surface area contributed by atoms with Gasteiger partial charge in [-0.15, -0.1) is 0 Å². The molecule has 0 amide bonds. The van der Waals surface area contributed by atoms with Gasteiger partial charge in [0.1, 0.15) is 5.82 Å². The lowest BCUT2D eigenvalue weighted by Gasteiger charge is -2.02. The zero-order chi connectivity index (χ0) is 13.5. The third kappa shape index (κ3) is 4.84. The first kappa shape index (κ1) is 14.6. The number of hydrogen-bond acceptors (Lipinski definition) is 3. The summed E-state index contributed by atoms with van der Waals surface area (Å²) in [5.74, 6) is 0.238. The van der Waals surface area contributed by atoms with Crippen molar-refractivity contribution in [1.29, 1.82) is 0 Å². The Hall–Kier alpha value is -1.42. The normalized spacial score (nSPS) is 10.8. The van der Waals surface area contributed by atoms with Crippen LogP contribution in [0.25, 0.3) is 6.08 Å². The number of rotatable bonds is 5. The topological polar surface area (TPSA) is 34.1 Å². The van der Waals surface area contributed by atoms with Crippen LogP contribution in [0.3, 0.4) is 0 Å². The van der Waals surface area contributed by atoms with Crippen LogP contribution in [0.15, 0.2) is 24.3 Å². The second kappa shape index (κ2) is 7.11. The van der Waals surface area contributed by atoms with Crippen molar-refractivity contribution in [3.05, 3.63) is 41.2 Å². The molecule has 1 aromatic rings. The number of hydrogen-bond donors (Lipinski definition) is 0. The summed E-state index contributed by atoms with van der Waals surface area (Å²) in [6.45, 7) is 2.98. The van der Waals surface area contributed by atoms with E-state index in [9.17, 15) is 14.0 Å². The maximum Gasteiger partial charge on any atom is 0.185 e. The van der Waals surface area contributed by atoms with Crippen LogP contribution in [0.2, 0.25) is 0 Å². The van der Waals surface area contributed by atoms with Gasteiger partial charge in [0.15, 0.2) is 10.9 Å². The maximum absolute atomic E-state index is 13.1. The van der Waals surface area contributed by atoms with E-state index < -0.39 is 0 Å². The Morgan fingerprint density at radius 2 is 2.06 bits per heavy atom. The average molecular weight is 266 g/mol. The molecule has 0 aliphatic rings. The average Bonchev–Trinajstić information content (AvgIpc) is 2.27. The molecule has 0 aliphatic heterocycles. The summed E-state index contributed by atoms with van der Waals surface area (Å²) >= 11 is 1.25. The van der Waals surface area contributed by atoms with Crippen LogP contribution in [0.1, 0.15) is 36.2 Å². The van der Waals surface area contributed by atoms with E-state index in [0.717, 1.165) is 0 Å². The predicted molar refractivity (Wildman–Crippen MR) is 73.2 cm³/mol. The smallest absolute Gasteiger partial charge is 0.185 e. The standard InChI is InChI=1S/C14H15FO2S/c1-10(16)14-7-6-13(15)9-12(14)5-3-4-8-18-11(2)17/h3,5-7,9H,4,8H2,1-2H3. The number of allylic oxidation sites excluding steroid dienone is 1. The fourth-order valence-electron chi connectivity index (χ4n) is 1.47. The monoisotopic (exact) mass is 266 g/mol. The minimum Gasteiger partial charge on any atom is -0.294 e. The number of ketones is 1. The molecule has 0 aliphatic carbocycles. The minimum atomic E-state index is -0.363. The van der Waals surface area contributed by atoms with Crippen molar-refractivity contribution in [3.8, 4) is 0 Å². The summed E-state index contributed by atoms with van der Waals surface area (Å²) in [4.78, 5) is 22.1. The highest BCUT2D eigenvalue weighted by Crippen LogP contribution is 2.15. The van der Waals surface area contributed by atoms with Crippen LogP contribution in [0.4, 0.5) is 4.39 Å². The summed E-state index contributed by atoms with van der Waals surface area (Å²) in [6.07, 6.45) is 4.27. The summed E-state index contributed by atoms with van der Waals surface area (Å²) in [6, 6.07) is 4.10. The summed E-state index contributed by atoms with van der Waals surface area (Å²) < 4.78 is 13.1. The van der Waals surface area contributed by atoms with Gasteiger partial charge in [-0.3, -0.25) is 9.59 Å². The van der Waals surface area contributed by atoms with Crippen LogP contribution in [0.5, 0.6) is 0 Å². The SMILES string of the molecule is CC(=O)SCCC=Cc1cc(F)ccc1C(C)=O. The van der Waals surface area contributed by atoms with Crippen LogP contribution >= 0.6 is 11.8 Å². The third-order valence-corrected chi connectivity index (χ3v) is 3.13. The van der Waals surface area contributed by atoms with E-state index in [2.05, 4.69) is 0 Å². The van der Waals surface area contributed by atoms with Crippen LogP contribution in [-0.2, 0) is 4.79 Å². The first-order valence-corrected chi connectivity index (χ1v) is 6.59. The quantitative estimate of drug-likeness (QED) is 0.602. The number of benzene rings is 1. The first-order valence-electron chi connectivity index (χ1n) is 5.61. The van der Waals surface area contributed by atoms with Crippen molar-refractivity contribution in [1.82, 2.24) is 0 Å². The Kier molecular flexibility index (Phi) is 5.78. The van der Waals surface area contributed by atoms with Crippen molar-refractivity contribution >= 4 is 28.7 Å². The van der Waals surface area contributed by atoms with Crippen LogP contribution in [-0.4, -0.2) is 16.7 Å². The molecule has 0 fully saturated rings. The molecular formula is C14H15FO2S. The van der Waals surface area contributed by atoms with Gasteiger partial charge in [-0.05, 0) is 37.1 Å². The highest BCUT2D eigenvalue weighted by molar-refractivity contribution is 8.13. The van der Waals surface area contributed by atoms with E-state index in [1.54, 1.807) is 6.08 Å². The Morgan fingerprint density at radius 1 is 1.33 bits per heavy atom. The molecule has 1 rings (SSSR count). The van der Waals surface area contributed by atoms with E-state index >= 15 is 0 Å². The third-order valence-electron chi connectivity index (χ3n) is 2.28. The molecule has 0 heterocycles. The predicted octanol–water partition coefficient (Wildman–Crippen LogP) is 3.71. The van der Waals surface area contributed by atoms with Gasteiger partial charge in [-0.25, -0.2) is 4.39 Å². The highest BCUT2D eigenvalue weighted by Gasteiger charge is 2.05. The van der Waals surface area contributed by atoms with Gasteiger partial charge < -0.3 is 0 Å². The molecule has 0 unspecified atom stereocenters. The van der Waals surface area contributed by atoms with Gasteiger partial charge in [0.25, 0.3) is 0 Å². The molecule has 0 aromatic heterocycles. The summed E-state index contributed by atoms with van der Waals surface area (Å²) in [7, 11) is 0. The molecule has 0 spiro atoms. The lowest BCUT2D eigenvalue weighted by Crippen LogP contribution is -1.96. The number of carbonyl (C=O) groups excluding carboxylic acids is 2. The summed E-state index contributed by atoms with van der Waals surface area (Å²) in [5, 5.41) is 0.0820. The lowest BCUT2D eigenvalue weighted by atomic mass is 10.0. The maximum atomic E-state index is 13.1. The second-order valence-electron chi connectivity index (χ2n) is 3.82. The molecular weight excluding hydrogens is 251 g/mol. The zero-order valence-corrected chi connectivity index (χ0v) is 11.2. The van der Waals surface area contributed by atoms with Crippen LogP contribution in [0, 0.1) is 5.82 Å². The van der Waals surface area contributed by atoms with E-state index in [1.165, 1.54) is 43.8 Å². The first-order chi connectivity index (χ1) is 8.50. The molecule has 0 N–H and O–H groups in total. The van der Waals surface area contributed by atoms with Gasteiger partial charge in [0.05, 0.1) is 0 Å². The van der Waals surface area contributed by atoms with Gasteiger partial charge in [0, 0.05) is 18.2 Å². The molecule has 96 valence electrons. The Balaban J connectivity index is 2.70. The fraction of sp³-hybridized carbons (Fsp3) is 0.286. The van der Waals surface area contributed by atoms with E-state index in [1.807, 2.05) is 6.08 Å². The Morgan fingerprint density at radius 3 is 2.67 bits per heavy atom. The van der Waals surface area contributed by atoms with Gasteiger partial charge in [0.2, 0.25) is 0 Å². The molecule has 0 bridgehead atoms. The lowest BCUT2D eigenvalue weighted by molar-refractivity contribution is -0.109. The van der Waals surface area contributed by atoms with Crippen molar-refractivity contribution < 1.29 is 14.0 Å². The van der Waals surface area contributed by atoms with Crippen molar-refractivity contribution in [2.45, 2.75) is 20.3 Å². The molecule has 2 nitrogen and oxygen atoms in total. The van der Waals surface area contributed by atoms with E-state index in [-0.39, 0.29) is 16.7 Å². The second-order valence-corrected chi connectivity index (χ2v) is 5.09. The van der Waals surface area contributed by atoms with E-state index in [4.69, 9.17) is 0 Å². The highest BCUT2D eigenvalue weighted by atomic mass is 32.2. The van der Waals surface area contributed by atoms with Crippen molar-refractivity contribution in [2.75, 3.05) is 5.75 Å². The molecule has 0 saturated carbocycles. The molecule has 0 saturated heterocycles. The minimum absolute atomic E-state index is 0.0820. The van der Waals surface area contributed by atoms with Gasteiger partial charge >= 0.3 is 0 Å². The number of halogens is 1. The van der Waals surface area contributed by atoms with Gasteiger partial charge in [-0.1, -0.05) is 23.9 Å². The van der Waals surface area contributed by atoms with Crippen LogP contribution < -0.4 is 0 Å². The summed E-state index contributed by atoms with van der Waals surface area (Å²) in [5.41, 5.74) is 1.09. The van der Waals surface area contributed by atoms with Crippen molar-refractivity contribution in [3.63, 3.8) is 0 Å². The molecule has 0 atom stereocenters. The van der Waals surface area contributed by atoms with Crippen molar-refractivity contribution in [2.24, 2.45) is 0 Å². The largest absolute Gasteiger partial charge is 0.294 e. The molecule has 18 heavy (non-hydrogen) atoms. The Bertz CT molecular complexity index is 481. The number of carbonyl (C=O) groups is 2. The fourth-order valence-corrected chi connectivity index (χ4v) is 2.01. The Labute approximate surface area is 110 Å². The zero-order valence-electron chi connectivity index (χ0n) is 10.4. The van der Waals surface area contributed by atoms with Gasteiger partial charge in [-0.2, -0.15) is 0 Å². The molecule has 4 heteroatoms.